The third-order valence-corrected chi connectivity index (χ3v) is 8.12. The second-order valence-corrected chi connectivity index (χ2v) is 11.9. The van der Waals surface area contributed by atoms with Gasteiger partial charge in [-0.1, -0.05) is 51.1 Å². The van der Waals surface area contributed by atoms with Crippen LogP contribution in [-0.2, 0) is 14.9 Å². The van der Waals surface area contributed by atoms with Crippen molar-refractivity contribution in [2.45, 2.75) is 52.1 Å². The molecule has 204 valence electrons. The molecule has 0 spiro atoms. The van der Waals surface area contributed by atoms with Gasteiger partial charge in [-0.25, -0.2) is 9.59 Å². The van der Waals surface area contributed by atoms with Gasteiger partial charge in [0.2, 0.25) is 0 Å². The summed E-state index contributed by atoms with van der Waals surface area (Å²) in [6.07, 6.45) is 0. The van der Waals surface area contributed by atoms with Crippen LogP contribution in [-0.4, -0.2) is 78.5 Å². The molecule has 1 N–H and O–H groups in total. The molecule has 0 aliphatic carbocycles. The monoisotopic (exact) mass is 538 g/mol. The summed E-state index contributed by atoms with van der Waals surface area (Å²) in [5, 5.41) is 4.91. The molecule has 3 amide bonds. The van der Waals surface area contributed by atoms with Crippen molar-refractivity contribution in [1.82, 2.24) is 20.0 Å². The first-order valence-electron chi connectivity index (χ1n) is 13.1. The minimum Gasteiger partial charge on any atom is -0.463 e. The molecule has 3 heterocycles. The molecule has 0 saturated carbocycles. The van der Waals surface area contributed by atoms with E-state index in [1.165, 1.54) is 21.8 Å². The zero-order valence-corrected chi connectivity index (χ0v) is 23.9. The Morgan fingerprint density at radius 1 is 1.13 bits per heavy atom. The first kappa shape index (κ1) is 27.9. The second-order valence-electron chi connectivity index (χ2n) is 11.0. The van der Waals surface area contributed by atoms with Crippen LogP contribution in [0.2, 0.25) is 0 Å². The van der Waals surface area contributed by atoms with Crippen LogP contribution in [0.5, 0.6) is 0 Å². The lowest BCUT2D eigenvalue weighted by Crippen LogP contribution is -2.56. The number of hydrogen-bond acceptors (Lipinski definition) is 6. The molecule has 8 nitrogen and oxygen atoms in total. The zero-order valence-electron chi connectivity index (χ0n) is 23.1. The van der Waals surface area contributed by atoms with Crippen LogP contribution in [0, 0.1) is 0 Å². The SMILES string of the molecule is CCOC(=O)C1=C(CN2CCN(C(=O)c3cccs3)[C@H](C)C2)N(C)C(=O)N[C@H]1c1ccc(C(C)(C)C)cc1. The van der Waals surface area contributed by atoms with E-state index in [1.807, 2.05) is 53.6 Å². The van der Waals surface area contributed by atoms with Gasteiger partial charge < -0.3 is 15.0 Å². The highest BCUT2D eigenvalue weighted by atomic mass is 32.1. The van der Waals surface area contributed by atoms with Gasteiger partial charge in [0, 0.05) is 45.0 Å². The van der Waals surface area contributed by atoms with Crippen LogP contribution < -0.4 is 5.32 Å². The van der Waals surface area contributed by atoms with Gasteiger partial charge >= 0.3 is 12.0 Å². The van der Waals surface area contributed by atoms with E-state index < -0.39 is 12.0 Å². The summed E-state index contributed by atoms with van der Waals surface area (Å²) in [6.45, 7) is 12.8. The van der Waals surface area contributed by atoms with Gasteiger partial charge in [-0.2, -0.15) is 0 Å². The zero-order chi connectivity index (χ0) is 27.6. The molecule has 1 aromatic carbocycles. The Hall–Kier alpha value is -3.17. The average molecular weight is 539 g/mol. The lowest BCUT2D eigenvalue weighted by atomic mass is 9.85. The van der Waals surface area contributed by atoms with Crippen molar-refractivity contribution in [2.75, 3.05) is 39.8 Å². The van der Waals surface area contributed by atoms with Gasteiger partial charge in [0.05, 0.1) is 23.1 Å². The highest BCUT2D eigenvalue weighted by molar-refractivity contribution is 7.12. The van der Waals surface area contributed by atoms with E-state index in [1.54, 1.807) is 14.0 Å². The van der Waals surface area contributed by atoms with Crippen molar-refractivity contribution < 1.29 is 19.1 Å². The normalized spacial score (nSPS) is 20.9. The van der Waals surface area contributed by atoms with E-state index in [0.717, 1.165) is 10.4 Å². The second kappa shape index (κ2) is 11.3. The minimum atomic E-state index is -0.610. The number of rotatable bonds is 6. The summed E-state index contributed by atoms with van der Waals surface area (Å²) in [7, 11) is 1.68. The molecule has 1 fully saturated rings. The number of amides is 3. The summed E-state index contributed by atoms with van der Waals surface area (Å²) in [6, 6.07) is 10.9. The standard InChI is InChI=1S/C29H38N4O4S/c1-7-37-27(35)24-22(18-32-14-15-33(19(2)17-32)26(34)23-9-8-16-38-23)31(6)28(36)30-25(24)20-10-12-21(13-11-20)29(3,4)5/h8-13,16,19,25H,7,14-15,17-18H2,1-6H3,(H,30,36)/t19-,25+/m1/s1. The number of thiophene rings is 1. The Kier molecular flexibility index (Phi) is 8.28. The molecule has 4 rings (SSSR count). The number of esters is 1. The first-order valence-corrected chi connectivity index (χ1v) is 14.0. The van der Waals surface area contributed by atoms with Crippen LogP contribution in [0.15, 0.2) is 53.0 Å². The van der Waals surface area contributed by atoms with E-state index in [0.29, 0.717) is 37.4 Å². The van der Waals surface area contributed by atoms with E-state index in [2.05, 4.69) is 31.0 Å². The molecule has 1 aromatic heterocycles. The molecule has 1 saturated heterocycles. The van der Waals surface area contributed by atoms with Crippen molar-refractivity contribution in [3.63, 3.8) is 0 Å². The topological polar surface area (TPSA) is 82.2 Å². The molecule has 9 heteroatoms. The highest BCUT2D eigenvalue weighted by Crippen LogP contribution is 2.33. The maximum Gasteiger partial charge on any atom is 0.338 e. The number of nitrogens with zero attached hydrogens (tertiary/aromatic N) is 3. The van der Waals surface area contributed by atoms with Crippen LogP contribution in [0.25, 0.3) is 0 Å². The molecule has 0 radical (unpaired) electrons. The van der Waals surface area contributed by atoms with Crippen molar-refractivity contribution in [2.24, 2.45) is 0 Å². The van der Waals surface area contributed by atoms with Crippen LogP contribution in [0.3, 0.4) is 0 Å². The first-order chi connectivity index (χ1) is 18.0. The number of ether oxygens (including phenoxy) is 1. The Morgan fingerprint density at radius 2 is 1.84 bits per heavy atom. The smallest absolute Gasteiger partial charge is 0.338 e. The summed E-state index contributed by atoms with van der Waals surface area (Å²) in [5.74, 6) is -0.384. The molecule has 2 aromatic rings. The van der Waals surface area contributed by atoms with Gasteiger partial charge in [-0.3, -0.25) is 14.6 Å². The number of piperazine rings is 1. The van der Waals surface area contributed by atoms with Gasteiger partial charge in [-0.15, -0.1) is 11.3 Å². The van der Waals surface area contributed by atoms with Crippen LogP contribution in [0.1, 0.15) is 61.5 Å². The van der Waals surface area contributed by atoms with E-state index in [-0.39, 0.29) is 30.0 Å². The summed E-state index contributed by atoms with van der Waals surface area (Å²) < 4.78 is 5.48. The number of likely N-dealkylation sites (N-methyl/N-ethyl adjacent to an activating group) is 1. The van der Waals surface area contributed by atoms with Crippen molar-refractivity contribution >= 4 is 29.2 Å². The molecule has 0 bridgehead atoms. The number of urea groups is 1. The van der Waals surface area contributed by atoms with Crippen LogP contribution >= 0.6 is 11.3 Å². The Bertz CT molecular complexity index is 1200. The van der Waals surface area contributed by atoms with Gasteiger partial charge in [0.15, 0.2) is 0 Å². The Morgan fingerprint density at radius 3 is 2.42 bits per heavy atom. The predicted molar refractivity (Wildman–Crippen MR) is 149 cm³/mol. The lowest BCUT2D eigenvalue weighted by Gasteiger charge is -2.42. The third kappa shape index (κ3) is 5.78. The highest BCUT2D eigenvalue weighted by Gasteiger charge is 2.38. The molecular weight excluding hydrogens is 500 g/mol. The quantitative estimate of drug-likeness (QED) is 0.551. The van der Waals surface area contributed by atoms with Crippen LogP contribution in [0.4, 0.5) is 4.79 Å². The van der Waals surface area contributed by atoms with E-state index in [9.17, 15) is 14.4 Å². The summed E-state index contributed by atoms with van der Waals surface area (Å²) in [4.78, 5) is 45.7. The van der Waals surface area contributed by atoms with Crippen molar-refractivity contribution in [3.8, 4) is 0 Å². The molecule has 2 aliphatic rings. The fourth-order valence-corrected chi connectivity index (χ4v) is 5.73. The third-order valence-electron chi connectivity index (χ3n) is 7.26. The number of carbonyl (C=O) groups is 3. The largest absolute Gasteiger partial charge is 0.463 e. The maximum absolute atomic E-state index is 13.3. The fraction of sp³-hybridized carbons (Fsp3) is 0.483. The molecule has 38 heavy (non-hydrogen) atoms. The number of nitrogens with one attached hydrogen (secondary N) is 1. The Labute approximate surface area is 229 Å². The summed E-state index contributed by atoms with van der Waals surface area (Å²) >= 11 is 1.45. The van der Waals surface area contributed by atoms with Crippen molar-refractivity contribution in [1.29, 1.82) is 0 Å². The lowest BCUT2D eigenvalue weighted by molar-refractivity contribution is -0.139. The van der Waals surface area contributed by atoms with Gasteiger partial charge in [-0.05, 0) is 41.8 Å². The Balaban J connectivity index is 1.62. The number of carbonyl (C=O) groups excluding carboxylic acids is 3. The van der Waals surface area contributed by atoms with Gasteiger partial charge in [0.25, 0.3) is 5.91 Å². The van der Waals surface area contributed by atoms with E-state index >= 15 is 0 Å². The predicted octanol–water partition coefficient (Wildman–Crippen LogP) is 4.41. The van der Waals surface area contributed by atoms with Crippen molar-refractivity contribution in [3.05, 3.63) is 69.1 Å². The molecule has 0 unspecified atom stereocenters. The molecule has 2 aliphatic heterocycles. The number of benzene rings is 1. The minimum absolute atomic E-state index is 0.00606. The number of hydrogen-bond donors (Lipinski definition) is 1. The maximum atomic E-state index is 13.3. The fourth-order valence-electron chi connectivity index (χ4n) is 5.06. The van der Waals surface area contributed by atoms with Gasteiger partial charge in [0.1, 0.15) is 0 Å². The van der Waals surface area contributed by atoms with E-state index in [4.69, 9.17) is 4.74 Å². The summed E-state index contributed by atoms with van der Waals surface area (Å²) in [5.41, 5.74) is 3.07. The molecule has 2 atom stereocenters. The average Bonchev–Trinajstić information content (AvgIpc) is 3.41. The molecular formula is C29H38N4O4S.